The average molecular weight is 435 g/mol. The highest BCUT2D eigenvalue weighted by Gasteiger charge is 1.99. The van der Waals surface area contributed by atoms with E-state index in [0.29, 0.717) is 5.75 Å². The number of aryl methyl sites for hydroxylation is 7. The molecule has 0 aromatic heterocycles. The van der Waals surface area contributed by atoms with Gasteiger partial charge in [0.1, 0.15) is 11.5 Å². The lowest BCUT2D eigenvalue weighted by Gasteiger charge is -2.04. The zero-order valence-corrected chi connectivity index (χ0v) is 21.1. The summed E-state index contributed by atoms with van der Waals surface area (Å²) in [4.78, 5) is 10.6. The van der Waals surface area contributed by atoms with Gasteiger partial charge >= 0.3 is 5.97 Å². The van der Waals surface area contributed by atoms with Crippen LogP contribution in [0.25, 0.3) is 0 Å². The van der Waals surface area contributed by atoms with Crippen molar-refractivity contribution >= 4 is 5.97 Å². The van der Waals surface area contributed by atoms with Gasteiger partial charge in [-0.05, 0) is 113 Å². The lowest BCUT2D eigenvalue weighted by molar-refractivity contribution is -0.131. The van der Waals surface area contributed by atoms with Gasteiger partial charge in [0.15, 0.2) is 0 Å². The number of benzene rings is 3. The molecule has 0 unspecified atom stereocenters. The Labute approximate surface area is 194 Å². The van der Waals surface area contributed by atoms with Crippen molar-refractivity contribution < 1.29 is 14.3 Å². The Bertz CT molecular complexity index is 1020. The van der Waals surface area contributed by atoms with Crippen LogP contribution in [-0.4, -0.2) is 12.6 Å². The first kappa shape index (κ1) is 27.0. The fourth-order valence-corrected chi connectivity index (χ4v) is 2.81. The number of rotatable bonds is 3. The van der Waals surface area contributed by atoms with Gasteiger partial charge in [-0.1, -0.05) is 35.9 Å². The Hall–Kier alpha value is -3.07. The van der Waals surface area contributed by atoms with Crippen molar-refractivity contribution in [3.63, 3.8) is 0 Å². The van der Waals surface area contributed by atoms with Gasteiger partial charge in [-0.3, -0.25) is 4.79 Å². The molecule has 0 aliphatic carbocycles. The van der Waals surface area contributed by atoms with E-state index < -0.39 is 0 Å². The standard InChI is InChI=1S/C10H12O2.C10H14O.C9H12/c1-7-4-5-10(6-8(7)2)12-9(3)11;1-4-11-10-6-5-8(2)9(3)7-10;1-7-4-5-8(2)9(3)6-7/h4-6H,1-3H3;5-7H,4H2,1-3H3;4-6H,1-3H3. The van der Waals surface area contributed by atoms with E-state index in [9.17, 15) is 4.79 Å². The number of carbonyl (C=O) groups is 1. The number of carbonyl (C=O) groups excluding carboxylic acids is 1. The molecular weight excluding hydrogens is 396 g/mol. The molecule has 0 saturated carbocycles. The highest BCUT2D eigenvalue weighted by atomic mass is 16.5. The molecule has 0 N–H and O–H groups in total. The molecule has 0 amide bonds. The molecule has 3 aromatic carbocycles. The lowest BCUT2D eigenvalue weighted by atomic mass is 10.1. The van der Waals surface area contributed by atoms with E-state index in [2.05, 4.69) is 65.0 Å². The molecule has 3 rings (SSSR count). The van der Waals surface area contributed by atoms with E-state index in [1.807, 2.05) is 39.0 Å². The van der Waals surface area contributed by atoms with E-state index in [4.69, 9.17) is 9.47 Å². The van der Waals surface area contributed by atoms with E-state index in [1.54, 1.807) is 6.07 Å². The third kappa shape index (κ3) is 9.82. The minimum atomic E-state index is -0.279. The van der Waals surface area contributed by atoms with Gasteiger partial charge in [0, 0.05) is 6.92 Å². The van der Waals surface area contributed by atoms with Gasteiger partial charge in [-0.25, -0.2) is 0 Å². The number of esters is 1. The number of hydrogen-bond acceptors (Lipinski definition) is 3. The summed E-state index contributed by atoms with van der Waals surface area (Å²) in [5, 5.41) is 0. The van der Waals surface area contributed by atoms with E-state index >= 15 is 0 Å². The molecule has 0 bridgehead atoms. The first-order valence-electron chi connectivity index (χ1n) is 11.0. The van der Waals surface area contributed by atoms with Crippen LogP contribution in [0.1, 0.15) is 52.8 Å². The zero-order chi connectivity index (χ0) is 24.3. The molecule has 3 aromatic rings. The highest BCUT2D eigenvalue weighted by molar-refractivity contribution is 5.69. The van der Waals surface area contributed by atoms with Crippen LogP contribution in [0.5, 0.6) is 11.5 Å². The lowest BCUT2D eigenvalue weighted by Crippen LogP contribution is -2.01. The SMILES string of the molecule is CC(=O)Oc1ccc(C)c(C)c1.CCOc1ccc(C)c(C)c1.Cc1ccc(C)c(C)c1. The Morgan fingerprint density at radius 1 is 0.625 bits per heavy atom. The molecule has 0 saturated heterocycles. The van der Waals surface area contributed by atoms with Crippen LogP contribution in [0.3, 0.4) is 0 Å². The van der Waals surface area contributed by atoms with E-state index in [1.165, 1.54) is 40.3 Å². The maximum atomic E-state index is 10.6. The molecule has 3 heteroatoms. The summed E-state index contributed by atoms with van der Waals surface area (Å²) in [6, 6.07) is 18.3. The van der Waals surface area contributed by atoms with Crippen LogP contribution >= 0.6 is 0 Å². The molecule has 0 aliphatic heterocycles. The first-order chi connectivity index (χ1) is 15.0. The minimum absolute atomic E-state index is 0.279. The van der Waals surface area contributed by atoms with Crippen molar-refractivity contribution in [3.8, 4) is 11.5 Å². The van der Waals surface area contributed by atoms with Crippen LogP contribution < -0.4 is 9.47 Å². The van der Waals surface area contributed by atoms with Gasteiger partial charge in [0.25, 0.3) is 0 Å². The maximum absolute atomic E-state index is 10.6. The van der Waals surface area contributed by atoms with Crippen molar-refractivity contribution in [1.82, 2.24) is 0 Å². The summed E-state index contributed by atoms with van der Waals surface area (Å²) in [5.41, 5.74) is 9.04. The maximum Gasteiger partial charge on any atom is 0.308 e. The third-order valence-corrected chi connectivity index (χ3v) is 5.19. The highest BCUT2D eigenvalue weighted by Crippen LogP contribution is 2.17. The summed E-state index contributed by atoms with van der Waals surface area (Å²) in [6.45, 7) is 18.7. The second-order valence-electron chi connectivity index (χ2n) is 8.11. The summed E-state index contributed by atoms with van der Waals surface area (Å²) in [7, 11) is 0. The quantitative estimate of drug-likeness (QED) is 0.315. The van der Waals surface area contributed by atoms with E-state index in [0.717, 1.165) is 17.9 Å². The van der Waals surface area contributed by atoms with Gasteiger partial charge in [0.2, 0.25) is 0 Å². The fraction of sp³-hybridized carbons (Fsp3) is 0.345. The summed E-state index contributed by atoms with van der Waals surface area (Å²) < 4.78 is 10.3. The number of ether oxygens (including phenoxy) is 2. The summed E-state index contributed by atoms with van der Waals surface area (Å²) in [5.74, 6) is 1.31. The molecule has 0 heterocycles. The molecular formula is C29H38O3. The van der Waals surface area contributed by atoms with Crippen molar-refractivity contribution in [3.05, 3.63) is 93.5 Å². The number of hydrogen-bond donors (Lipinski definition) is 0. The Morgan fingerprint density at radius 3 is 1.47 bits per heavy atom. The molecule has 172 valence electrons. The largest absolute Gasteiger partial charge is 0.494 e. The second-order valence-corrected chi connectivity index (χ2v) is 8.11. The van der Waals surface area contributed by atoms with Crippen LogP contribution in [0, 0.1) is 48.5 Å². The average Bonchev–Trinajstić information content (AvgIpc) is 2.71. The van der Waals surface area contributed by atoms with Gasteiger partial charge < -0.3 is 9.47 Å². The van der Waals surface area contributed by atoms with Crippen molar-refractivity contribution in [2.75, 3.05) is 6.61 Å². The van der Waals surface area contributed by atoms with Crippen LogP contribution in [-0.2, 0) is 4.79 Å². The summed E-state index contributed by atoms with van der Waals surface area (Å²) >= 11 is 0. The molecule has 0 fully saturated rings. The fourth-order valence-electron chi connectivity index (χ4n) is 2.81. The predicted octanol–water partition coefficient (Wildman–Crippen LogP) is 7.54. The van der Waals surface area contributed by atoms with Gasteiger partial charge in [-0.15, -0.1) is 0 Å². The van der Waals surface area contributed by atoms with Crippen LogP contribution in [0.2, 0.25) is 0 Å². The normalized spacial score (nSPS) is 9.66. The van der Waals surface area contributed by atoms with Crippen molar-refractivity contribution in [2.24, 2.45) is 0 Å². The molecule has 0 aliphatic rings. The van der Waals surface area contributed by atoms with Crippen molar-refractivity contribution in [1.29, 1.82) is 0 Å². The van der Waals surface area contributed by atoms with Gasteiger partial charge in [0.05, 0.1) is 6.61 Å². The predicted molar refractivity (Wildman–Crippen MR) is 135 cm³/mol. The Morgan fingerprint density at radius 2 is 1.06 bits per heavy atom. The molecule has 0 atom stereocenters. The molecule has 0 radical (unpaired) electrons. The summed E-state index contributed by atoms with van der Waals surface area (Å²) in [6.07, 6.45) is 0. The first-order valence-corrected chi connectivity index (χ1v) is 11.0. The van der Waals surface area contributed by atoms with Crippen LogP contribution in [0.4, 0.5) is 0 Å². The Balaban J connectivity index is 0.000000242. The molecule has 0 spiro atoms. The molecule has 32 heavy (non-hydrogen) atoms. The van der Waals surface area contributed by atoms with Crippen molar-refractivity contribution in [2.45, 2.75) is 62.3 Å². The zero-order valence-electron chi connectivity index (χ0n) is 21.1. The Kier molecular flexibility index (Phi) is 11.3. The topological polar surface area (TPSA) is 35.5 Å². The van der Waals surface area contributed by atoms with E-state index in [-0.39, 0.29) is 5.97 Å². The monoisotopic (exact) mass is 434 g/mol. The minimum Gasteiger partial charge on any atom is -0.494 e. The third-order valence-electron chi connectivity index (χ3n) is 5.19. The van der Waals surface area contributed by atoms with Crippen LogP contribution in [0.15, 0.2) is 54.6 Å². The van der Waals surface area contributed by atoms with Gasteiger partial charge in [-0.2, -0.15) is 0 Å². The molecule has 3 nitrogen and oxygen atoms in total. The second kappa shape index (κ2) is 13.4. The smallest absolute Gasteiger partial charge is 0.308 e.